The quantitative estimate of drug-likeness (QED) is 0.799. The smallest absolute Gasteiger partial charge is 0.243 e. The highest BCUT2D eigenvalue weighted by atomic mass is 32.2. The van der Waals surface area contributed by atoms with E-state index in [0.717, 1.165) is 47.9 Å². The summed E-state index contributed by atoms with van der Waals surface area (Å²) in [5.41, 5.74) is 0.766. The molecule has 27 heavy (non-hydrogen) atoms. The Balaban J connectivity index is 1.47. The summed E-state index contributed by atoms with van der Waals surface area (Å²) >= 11 is 1.62. The van der Waals surface area contributed by atoms with Crippen molar-refractivity contribution in [1.82, 2.24) is 4.31 Å². The van der Waals surface area contributed by atoms with Gasteiger partial charge in [0.15, 0.2) is 5.17 Å². The third-order valence-corrected chi connectivity index (χ3v) is 8.72. The summed E-state index contributed by atoms with van der Waals surface area (Å²) in [6, 6.07) is 7.04. The molecule has 2 heterocycles. The zero-order valence-electron chi connectivity index (χ0n) is 15.6. The molecule has 4 rings (SSSR count). The number of benzene rings is 1. The second-order valence-electron chi connectivity index (χ2n) is 7.65. The molecule has 3 aliphatic rings. The van der Waals surface area contributed by atoms with E-state index in [9.17, 15) is 8.42 Å². The van der Waals surface area contributed by atoms with E-state index in [1.165, 1.54) is 19.3 Å². The molecule has 1 saturated heterocycles. The van der Waals surface area contributed by atoms with Gasteiger partial charge in [0, 0.05) is 23.7 Å². The maximum atomic E-state index is 12.8. The summed E-state index contributed by atoms with van der Waals surface area (Å²) in [5.74, 6) is 0. The first kappa shape index (κ1) is 19.0. The number of nitrogens with zero attached hydrogens (tertiary/aromatic N) is 2. The lowest BCUT2D eigenvalue weighted by Gasteiger charge is -2.30. The Bertz CT molecular complexity index is 834. The number of aliphatic imine (C=N–C) groups is 1. The van der Waals surface area contributed by atoms with Crippen LogP contribution in [0.4, 0.5) is 5.69 Å². The zero-order chi connectivity index (χ0) is 18.9. The van der Waals surface area contributed by atoms with Gasteiger partial charge in [-0.15, -0.1) is 0 Å². The second kappa shape index (κ2) is 7.60. The van der Waals surface area contributed by atoms with Crippen molar-refractivity contribution in [2.45, 2.75) is 61.8 Å². The fourth-order valence-corrected chi connectivity index (χ4v) is 6.74. The van der Waals surface area contributed by atoms with Gasteiger partial charge in [-0.05, 0) is 49.9 Å². The van der Waals surface area contributed by atoms with Crippen LogP contribution in [0.2, 0.25) is 0 Å². The van der Waals surface area contributed by atoms with Gasteiger partial charge in [0.2, 0.25) is 10.0 Å². The third kappa shape index (κ3) is 3.82. The maximum Gasteiger partial charge on any atom is 0.243 e. The molecule has 1 spiro atoms. The van der Waals surface area contributed by atoms with E-state index in [4.69, 9.17) is 4.99 Å². The molecule has 0 bridgehead atoms. The van der Waals surface area contributed by atoms with Gasteiger partial charge in [-0.25, -0.2) is 13.4 Å². The number of nitrogens with one attached hydrogen (secondary N) is 1. The first-order valence-electron chi connectivity index (χ1n) is 9.84. The number of hydrogen-bond acceptors (Lipinski definition) is 5. The van der Waals surface area contributed by atoms with Crippen LogP contribution < -0.4 is 5.32 Å². The largest absolute Gasteiger partial charge is 0.335 e. The van der Waals surface area contributed by atoms with Gasteiger partial charge in [-0.3, -0.25) is 0 Å². The van der Waals surface area contributed by atoms with Crippen LogP contribution in [0.3, 0.4) is 0 Å². The van der Waals surface area contributed by atoms with Gasteiger partial charge >= 0.3 is 0 Å². The second-order valence-corrected chi connectivity index (χ2v) is 10.7. The molecular formula is C20H27N3O2S2. The zero-order valence-corrected chi connectivity index (χ0v) is 17.2. The Kier molecular flexibility index (Phi) is 5.36. The molecular weight excluding hydrogens is 378 g/mol. The molecule has 1 N–H and O–H groups in total. The van der Waals surface area contributed by atoms with Crippen LogP contribution in [0.5, 0.6) is 0 Å². The van der Waals surface area contributed by atoms with Gasteiger partial charge in [0.05, 0.1) is 10.4 Å². The fraction of sp³-hybridized carbons (Fsp3) is 0.550. The van der Waals surface area contributed by atoms with Gasteiger partial charge < -0.3 is 5.32 Å². The van der Waals surface area contributed by atoms with E-state index in [2.05, 4.69) is 11.9 Å². The highest BCUT2D eigenvalue weighted by molar-refractivity contribution is 8.17. The number of amidine groups is 1. The summed E-state index contributed by atoms with van der Waals surface area (Å²) in [5, 5.41) is 4.21. The first-order chi connectivity index (χ1) is 13.0. The number of rotatable bonds is 3. The number of thioether (sulfide) groups is 1. The highest BCUT2D eigenvalue weighted by Crippen LogP contribution is 2.47. The van der Waals surface area contributed by atoms with Crippen LogP contribution in [0.15, 0.2) is 45.6 Å². The summed E-state index contributed by atoms with van der Waals surface area (Å²) in [6.07, 6.45) is 8.86. The Morgan fingerprint density at radius 1 is 1.00 bits per heavy atom. The summed E-state index contributed by atoms with van der Waals surface area (Å²) in [7, 11) is -3.38. The van der Waals surface area contributed by atoms with E-state index < -0.39 is 10.0 Å². The lowest BCUT2D eigenvalue weighted by Crippen LogP contribution is -2.35. The predicted octanol–water partition coefficient (Wildman–Crippen LogP) is 4.59. The van der Waals surface area contributed by atoms with Crippen LogP contribution in [-0.2, 0) is 10.0 Å². The molecule has 2 fully saturated rings. The van der Waals surface area contributed by atoms with Crippen LogP contribution in [0, 0.1) is 0 Å². The van der Waals surface area contributed by atoms with Crippen LogP contribution in [-0.4, -0.2) is 36.5 Å². The minimum atomic E-state index is -3.38. The van der Waals surface area contributed by atoms with Crippen molar-refractivity contribution in [3.8, 4) is 0 Å². The van der Waals surface area contributed by atoms with Gasteiger partial charge in [0.1, 0.15) is 0 Å². The fourth-order valence-electron chi connectivity index (χ4n) is 4.16. The van der Waals surface area contributed by atoms with E-state index in [1.807, 2.05) is 12.1 Å². The number of anilines is 1. The Hall–Kier alpha value is -1.31. The van der Waals surface area contributed by atoms with Crippen molar-refractivity contribution in [3.05, 3.63) is 35.7 Å². The molecule has 1 aromatic rings. The van der Waals surface area contributed by atoms with Crippen molar-refractivity contribution in [3.63, 3.8) is 0 Å². The van der Waals surface area contributed by atoms with E-state index in [1.54, 1.807) is 28.2 Å². The molecule has 1 saturated carbocycles. The van der Waals surface area contributed by atoms with Crippen LogP contribution in [0.25, 0.3) is 0 Å². The van der Waals surface area contributed by atoms with E-state index in [-0.39, 0.29) is 5.54 Å². The molecule has 0 radical (unpaired) electrons. The average molecular weight is 406 g/mol. The third-order valence-electron chi connectivity index (χ3n) is 5.79. The minimum Gasteiger partial charge on any atom is -0.335 e. The molecule has 0 atom stereocenters. The normalized spacial score (nSPS) is 23.4. The predicted molar refractivity (Wildman–Crippen MR) is 113 cm³/mol. The number of sulfonamides is 1. The van der Waals surface area contributed by atoms with E-state index in [0.29, 0.717) is 18.0 Å². The van der Waals surface area contributed by atoms with E-state index >= 15 is 0 Å². The minimum absolute atomic E-state index is 0.0945. The van der Waals surface area contributed by atoms with Crippen LogP contribution >= 0.6 is 11.8 Å². The topological polar surface area (TPSA) is 61.8 Å². The van der Waals surface area contributed by atoms with Crippen molar-refractivity contribution in [1.29, 1.82) is 0 Å². The highest BCUT2D eigenvalue weighted by Gasteiger charge is 2.40. The Morgan fingerprint density at radius 3 is 2.30 bits per heavy atom. The monoisotopic (exact) mass is 405 g/mol. The van der Waals surface area contributed by atoms with Gasteiger partial charge in [-0.2, -0.15) is 4.31 Å². The Labute approximate surface area is 166 Å². The molecule has 146 valence electrons. The lowest BCUT2D eigenvalue weighted by atomic mass is 9.82. The maximum absolute atomic E-state index is 12.8. The average Bonchev–Trinajstić information content (AvgIpc) is 2.98. The summed E-state index contributed by atoms with van der Waals surface area (Å²) in [4.78, 5) is 6.44. The van der Waals surface area contributed by atoms with Crippen molar-refractivity contribution in [2.24, 2.45) is 4.99 Å². The van der Waals surface area contributed by atoms with Crippen molar-refractivity contribution < 1.29 is 8.42 Å². The first-order valence-corrected chi connectivity index (χ1v) is 12.1. The van der Waals surface area contributed by atoms with Gasteiger partial charge in [0.25, 0.3) is 0 Å². The van der Waals surface area contributed by atoms with Crippen molar-refractivity contribution >= 4 is 32.6 Å². The molecule has 0 unspecified atom stereocenters. The summed E-state index contributed by atoms with van der Waals surface area (Å²) < 4.78 is 27.1. The lowest BCUT2D eigenvalue weighted by molar-refractivity contribution is 0.346. The molecule has 0 amide bonds. The van der Waals surface area contributed by atoms with Crippen LogP contribution in [0.1, 0.15) is 51.4 Å². The molecule has 5 nitrogen and oxygen atoms in total. The SMILES string of the molecule is C=C1SC(Nc2ccc(S(=O)(=O)N3CCCCC3)cc2)=NC12CCCCC2. The molecule has 0 aromatic heterocycles. The number of piperidine rings is 1. The Morgan fingerprint density at radius 2 is 1.63 bits per heavy atom. The van der Waals surface area contributed by atoms with Gasteiger partial charge in [-0.1, -0.05) is 44.0 Å². The molecule has 7 heteroatoms. The molecule has 1 aromatic carbocycles. The standard InChI is InChI=1S/C20H27N3O2S2/c1-16-20(12-4-2-5-13-20)22-19(26-16)21-17-8-10-18(11-9-17)27(24,25)23-14-6-3-7-15-23/h8-11H,1-7,12-15H2,(H,21,22). The molecule has 1 aliphatic carbocycles. The summed E-state index contributed by atoms with van der Waals surface area (Å²) in [6.45, 7) is 5.49. The van der Waals surface area contributed by atoms with Crippen molar-refractivity contribution in [2.75, 3.05) is 18.4 Å². The number of hydrogen-bond donors (Lipinski definition) is 1. The molecule has 2 aliphatic heterocycles.